The van der Waals surface area contributed by atoms with Gasteiger partial charge in [0.15, 0.2) is 0 Å². The van der Waals surface area contributed by atoms with Gasteiger partial charge in [0, 0.05) is 5.39 Å². The van der Waals surface area contributed by atoms with E-state index in [-0.39, 0.29) is 0 Å². The monoisotopic (exact) mass is 186 g/mol. The zero-order valence-corrected chi connectivity index (χ0v) is 8.38. The molecular formula is C12H14N2. The molecule has 1 N–H and O–H groups in total. The first-order valence-electron chi connectivity index (χ1n) is 5.22. The van der Waals surface area contributed by atoms with Gasteiger partial charge in [-0.25, -0.2) is 0 Å². The highest BCUT2D eigenvalue weighted by atomic mass is 15.1. The van der Waals surface area contributed by atoms with E-state index in [1.807, 2.05) is 6.20 Å². The number of aromatic amines is 1. The average Bonchev–Trinajstić information content (AvgIpc) is 2.60. The molecule has 2 nitrogen and oxygen atoms in total. The molecule has 0 saturated heterocycles. The van der Waals surface area contributed by atoms with Crippen molar-refractivity contribution in [2.45, 2.75) is 31.6 Å². The van der Waals surface area contributed by atoms with Gasteiger partial charge in [-0.2, -0.15) is 5.10 Å². The number of hydrogen-bond donors (Lipinski definition) is 1. The quantitative estimate of drug-likeness (QED) is 0.728. The average molecular weight is 186 g/mol. The SMILES string of the molecule is CC1(c2ccc3cn[nH]c3c2)CCC1. The topological polar surface area (TPSA) is 28.7 Å². The van der Waals surface area contributed by atoms with Gasteiger partial charge in [-0.05, 0) is 29.9 Å². The molecule has 0 atom stereocenters. The number of rotatable bonds is 1. The molecule has 1 aliphatic rings. The lowest BCUT2D eigenvalue weighted by atomic mass is 9.66. The molecule has 0 aliphatic heterocycles. The third kappa shape index (κ3) is 0.999. The Labute approximate surface area is 83.3 Å². The van der Waals surface area contributed by atoms with Crippen LogP contribution in [0.2, 0.25) is 0 Å². The van der Waals surface area contributed by atoms with Crippen molar-refractivity contribution in [1.29, 1.82) is 0 Å². The Hall–Kier alpha value is -1.31. The van der Waals surface area contributed by atoms with Crippen LogP contribution in [0.5, 0.6) is 0 Å². The van der Waals surface area contributed by atoms with Crippen LogP contribution in [0.4, 0.5) is 0 Å². The first kappa shape index (κ1) is 8.04. The van der Waals surface area contributed by atoms with Crippen LogP contribution in [0.25, 0.3) is 10.9 Å². The van der Waals surface area contributed by atoms with Gasteiger partial charge in [0.2, 0.25) is 0 Å². The predicted octanol–water partition coefficient (Wildman–Crippen LogP) is 3.00. The number of nitrogens with zero attached hydrogens (tertiary/aromatic N) is 1. The molecule has 0 spiro atoms. The summed E-state index contributed by atoms with van der Waals surface area (Å²) in [5.74, 6) is 0. The van der Waals surface area contributed by atoms with E-state index >= 15 is 0 Å². The second kappa shape index (κ2) is 2.59. The normalized spacial score (nSPS) is 19.5. The molecule has 0 amide bonds. The van der Waals surface area contributed by atoms with Crippen molar-refractivity contribution in [2.75, 3.05) is 0 Å². The first-order valence-corrected chi connectivity index (χ1v) is 5.22. The van der Waals surface area contributed by atoms with Crippen LogP contribution in [-0.4, -0.2) is 10.2 Å². The fourth-order valence-electron chi connectivity index (χ4n) is 2.31. The predicted molar refractivity (Wildman–Crippen MR) is 57.3 cm³/mol. The minimum atomic E-state index is 0.430. The molecule has 1 saturated carbocycles. The van der Waals surface area contributed by atoms with E-state index in [0.717, 1.165) is 5.52 Å². The Morgan fingerprint density at radius 2 is 2.21 bits per heavy atom. The molecule has 1 aliphatic carbocycles. The van der Waals surface area contributed by atoms with E-state index in [0.29, 0.717) is 5.41 Å². The van der Waals surface area contributed by atoms with E-state index in [4.69, 9.17) is 0 Å². The van der Waals surface area contributed by atoms with Gasteiger partial charge in [0.25, 0.3) is 0 Å². The van der Waals surface area contributed by atoms with Crippen molar-refractivity contribution in [3.63, 3.8) is 0 Å². The molecule has 1 fully saturated rings. The minimum absolute atomic E-state index is 0.430. The minimum Gasteiger partial charge on any atom is -0.278 e. The molecule has 3 rings (SSSR count). The molecule has 14 heavy (non-hydrogen) atoms. The second-order valence-electron chi connectivity index (χ2n) is 4.59. The summed E-state index contributed by atoms with van der Waals surface area (Å²) >= 11 is 0. The maximum Gasteiger partial charge on any atom is 0.0653 e. The molecule has 1 aromatic heterocycles. The Balaban J connectivity index is 2.13. The standard InChI is InChI=1S/C12H14N2/c1-12(5-2-6-12)10-4-3-9-8-13-14-11(9)7-10/h3-4,7-8H,2,5-6H2,1H3,(H,13,14). The molecule has 0 unspecified atom stereocenters. The Bertz CT molecular complexity index is 466. The molecule has 1 heterocycles. The summed E-state index contributed by atoms with van der Waals surface area (Å²) in [5, 5.41) is 8.28. The van der Waals surface area contributed by atoms with Crippen molar-refractivity contribution < 1.29 is 0 Å². The summed E-state index contributed by atoms with van der Waals surface area (Å²) in [6, 6.07) is 6.66. The molecule has 1 aromatic carbocycles. The molecule has 0 bridgehead atoms. The molecule has 2 heteroatoms. The lowest BCUT2D eigenvalue weighted by Gasteiger charge is -2.39. The lowest BCUT2D eigenvalue weighted by Crippen LogP contribution is -2.30. The van der Waals surface area contributed by atoms with E-state index in [9.17, 15) is 0 Å². The van der Waals surface area contributed by atoms with Gasteiger partial charge in [-0.3, -0.25) is 5.10 Å². The van der Waals surface area contributed by atoms with Crippen LogP contribution < -0.4 is 0 Å². The fraction of sp³-hybridized carbons (Fsp3) is 0.417. The summed E-state index contributed by atoms with van der Waals surface area (Å²) < 4.78 is 0. The summed E-state index contributed by atoms with van der Waals surface area (Å²) in [4.78, 5) is 0. The Morgan fingerprint density at radius 3 is 2.93 bits per heavy atom. The first-order chi connectivity index (χ1) is 6.78. The Kier molecular flexibility index (Phi) is 1.49. The molecule has 72 valence electrons. The van der Waals surface area contributed by atoms with E-state index in [2.05, 4.69) is 35.3 Å². The summed E-state index contributed by atoms with van der Waals surface area (Å²) in [7, 11) is 0. The van der Waals surface area contributed by atoms with Crippen LogP contribution >= 0.6 is 0 Å². The second-order valence-corrected chi connectivity index (χ2v) is 4.59. The van der Waals surface area contributed by atoms with Crippen molar-refractivity contribution in [2.24, 2.45) is 0 Å². The maximum absolute atomic E-state index is 4.04. The number of hydrogen-bond acceptors (Lipinski definition) is 1. The van der Waals surface area contributed by atoms with Crippen LogP contribution in [0, 0.1) is 0 Å². The maximum atomic E-state index is 4.04. The molecule has 2 aromatic rings. The highest BCUT2D eigenvalue weighted by Gasteiger charge is 2.33. The number of fused-ring (bicyclic) bond motifs is 1. The summed E-state index contributed by atoms with van der Waals surface area (Å²) in [6.07, 6.45) is 5.90. The van der Waals surface area contributed by atoms with E-state index < -0.39 is 0 Å². The third-order valence-corrected chi connectivity index (χ3v) is 3.60. The molecular weight excluding hydrogens is 172 g/mol. The summed E-state index contributed by atoms with van der Waals surface area (Å²) in [5.41, 5.74) is 3.05. The van der Waals surface area contributed by atoms with Crippen LogP contribution in [0.3, 0.4) is 0 Å². The smallest absolute Gasteiger partial charge is 0.0653 e. The highest BCUT2D eigenvalue weighted by Crippen LogP contribution is 2.43. The number of aromatic nitrogens is 2. The van der Waals surface area contributed by atoms with Crippen molar-refractivity contribution >= 4 is 10.9 Å². The fourth-order valence-corrected chi connectivity index (χ4v) is 2.31. The van der Waals surface area contributed by atoms with Gasteiger partial charge >= 0.3 is 0 Å². The highest BCUT2D eigenvalue weighted by molar-refractivity contribution is 5.78. The van der Waals surface area contributed by atoms with E-state index in [1.165, 1.54) is 30.2 Å². The molecule has 0 radical (unpaired) electrons. The van der Waals surface area contributed by atoms with Crippen LogP contribution in [0.1, 0.15) is 31.7 Å². The van der Waals surface area contributed by atoms with Crippen LogP contribution in [0.15, 0.2) is 24.4 Å². The van der Waals surface area contributed by atoms with Crippen molar-refractivity contribution in [1.82, 2.24) is 10.2 Å². The lowest BCUT2D eigenvalue weighted by molar-refractivity contribution is 0.272. The van der Waals surface area contributed by atoms with Gasteiger partial charge in [-0.1, -0.05) is 25.5 Å². The van der Waals surface area contributed by atoms with Crippen molar-refractivity contribution in [3.05, 3.63) is 30.0 Å². The summed E-state index contributed by atoms with van der Waals surface area (Å²) in [6.45, 7) is 2.36. The number of H-pyrrole nitrogens is 1. The van der Waals surface area contributed by atoms with Gasteiger partial charge in [0.1, 0.15) is 0 Å². The zero-order chi connectivity index (χ0) is 9.60. The van der Waals surface area contributed by atoms with Crippen molar-refractivity contribution in [3.8, 4) is 0 Å². The van der Waals surface area contributed by atoms with Gasteiger partial charge < -0.3 is 0 Å². The zero-order valence-electron chi connectivity index (χ0n) is 8.38. The Morgan fingerprint density at radius 1 is 1.36 bits per heavy atom. The van der Waals surface area contributed by atoms with Crippen LogP contribution in [-0.2, 0) is 5.41 Å². The van der Waals surface area contributed by atoms with Gasteiger partial charge in [0.05, 0.1) is 11.7 Å². The van der Waals surface area contributed by atoms with E-state index in [1.54, 1.807) is 0 Å². The number of benzene rings is 1. The van der Waals surface area contributed by atoms with Gasteiger partial charge in [-0.15, -0.1) is 0 Å². The third-order valence-electron chi connectivity index (χ3n) is 3.60. The largest absolute Gasteiger partial charge is 0.278 e. The number of nitrogens with one attached hydrogen (secondary N) is 1.